The summed E-state index contributed by atoms with van der Waals surface area (Å²) in [5.41, 5.74) is 4.57. The van der Waals surface area contributed by atoms with Crippen LogP contribution in [0, 0.1) is 6.92 Å². The summed E-state index contributed by atoms with van der Waals surface area (Å²) in [6, 6.07) is 29.4. The zero-order valence-corrected chi connectivity index (χ0v) is 20.6. The standard InChI is InChI=1S/C31H31NO4/c1-20-16-23(14-15-29(20)35-19-31(33)34)28-17-24(36-30-13-6-5-11-27(28)30)18-32-21(2)25-12-7-9-22-8-3-4-10-26(22)25/h3-16,21,24,28,32H,17-19H2,1-2H3,(H,33,34)/t21-,24?,28?/m1/s1. The fourth-order valence-corrected chi connectivity index (χ4v) is 5.17. The molecule has 0 aromatic heterocycles. The van der Waals surface area contributed by atoms with E-state index in [1.54, 1.807) is 0 Å². The van der Waals surface area contributed by atoms with Crippen molar-refractivity contribution in [2.24, 2.45) is 0 Å². The second-order valence-corrected chi connectivity index (χ2v) is 9.47. The molecule has 184 valence electrons. The molecule has 5 heteroatoms. The summed E-state index contributed by atoms with van der Waals surface area (Å²) in [5.74, 6) is 0.720. The van der Waals surface area contributed by atoms with Crippen molar-refractivity contribution in [3.05, 3.63) is 107 Å². The Labute approximate surface area is 211 Å². The summed E-state index contributed by atoms with van der Waals surface area (Å²) in [7, 11) is 0. The number of fused-ring (bicyclic) bond motifs is 2. The second kappa shape index (κ2) is 10.4. The van der Waals surface area contributed by atoms with Crippen LogP contribution in [0.25, 0.3) is 10.8 Å². The van der Waals surface area contributed by atoms with Gasteiger partial charge in [-0.3, -0.25) is 0 Å². The minimum Gasteiger partial charge on any atom is -0.489 e. The molecule has 0 amide bonds. The van der Waals surface area contributed by atoms with E-state index in [0.717, 1.165) is 24.3 Å². The summed E-state index contributed by atoms with van der Waals surface area (Å²) >= 11 is 0. The Bertz CT molecular complexity index is 1380. The Morgan fingerprint density at radius 1 is 1.06 bits per heavy atom. The Morgan fingerprint density at radius 2 is 1.83 bits per heavy atom. The molecule has 5 rings (SSSR count). The van der Waals surface area contributed by atoms with Gasteiger partial charge in [0.2, 0.25) is 0 Å². The van der Waals surface area contributed by atoms with Gasteiger partial charge in [-0.2, -0.15) is 0 Å². The van der Waals surface area contributed by atoms with E-state index in [0.29, 0.717) is 5.75 Å². The van der Waals surface area contributed by atoms with E-state index in [1.807, 2.05) is 37.3 Å². The Kier molecular flexibility index (Phi) is 6.92. The predicted octanol–water partition coefficient (Wildman–Crippen LogP) is 6.25. The maximum absolute atomic E-state index is 10.9. The lowest BCUT2D eigenvalue weighted by Gasteiger charge is -2.33. The van der Waals surface area contributed by atoms with Crippen molar-refractivity contribution in [1.29, 1.82) is 0 Å². The lowest BCUT2D eigenvalue weighted by molar-refractivity contribution is -0.139. The van der Waals surface area contributed by atoms with Crippen LogP contribution in [0.4, 0.5) is 0 Å². The van der Waals surface area contributed by atoms with Crippen LogP contribution in [0.5, 0.6) is 11.5 Å². The number of benzene rings is 4. The van der Waals surface area contributed by atoms with Crippen LogP contribution >= 0.6 is 0 Å². The molecule has 0 saturated carbocycles. The molecule has 0 spiro atoms. The largest absolute Gasteiger partial charge is 0.489 e. The topological polar surface area (TPSA) is 67.8 Å². The zero-order valence-electron chi connectivity index (χ0n) is 20.6. The number of ether oxygens (including phenoxy) is 2. The minimum absolute atomic E-state index is 0.0190. The van der Waals surface area contributed by atoms with E-state index < -0.39 is 5.97 Å². The van der Waals surface area contributed by atoms with E-state index in [9.17, 15) is 4.79 Å². The molecular weight excluding hydrogens is 450 g/mol. The maximum atomic E-state index is 10.9. The number of carbonyl (C=O) groups is 1. The van der Waals surface area contributed by atoms with Gasteiger partial charge in [-0.25, -0.2) is 4.79 Å². The number of rotatable bonds is 8. The normalized spacial score (nSPS) is 17.7. The maximum Gasteiger partial charge on any atom is 0.341 e. The van der Waals surface area contributed by atoms with Crippen LogP contribution in [0.15, 0.2) is 84.9 Å². The number of carboxylic acid groups (broad SMARTS) is 1. The average Bonchev–Trinajstić information content (AvgIpc) is 2.90. The molecule has 1 heterocycles. The Morgan fingerprint density at radius 3 is 2.67 bits per heavy atom. The molecule has 0 radical (unpaired) electrons. The van der Waals surface area contributed by atoms with Crippen LogP contribution in [0.1, 0.15) is 47.6 Å². The number of hydrogen-bond acceptors (Lipinski definition) is 4. The summed E-state index contributed by atoms with van der Waals surface area (Å²) in [6.45, 7) is 4.54. The van der Waals surface area contributed by atoms with E-state index >= 15 is 0 Å². The molecule has 2 N–H and O–H groups in total. The van der Waals surface area contributed by atoms with Crippen LogP contribution in [-0.2, 0) is 4.79 Å². The van der Waals surface area contributed by atoms with Gasteiger partial charge < -0.3 is 19.9 Å². The molecule has 0 aliphatic carbocycles. The molecule has 4 aromatic carbocycles. The molecule has 0 fully saturated rings. The highest BCUT2D eigenvalue weighted by molar-refractivity contribution is 5.86. The lowest BCUT2D eigenvalue weighted by atomic mass is 9.83. The van der Waals surface area contributed by atoms with Crippen molar-refractivity contribution < 1.29 is 19.4 Å². The van der Waals surface area contributed by atoms with Crippen LogP contribution in [0.2, 0.25) is 0 Å². The van der Waals surface area contributed by atoms with Gasteiger partial charge in [0.15, 0.2) is 6.61 Å². The van der Waals surface area contributed by atoms with Gasteiger partial charge in [-0.15, -0.1) is 0 Å². The van der Waals surface area contributed by atoms with Crippen LogP contribution in [-0.4, -0.2) is 30.3 Å². The smallest absolute Gasteiger partial charge is 0.341 e. The first-order valence-corrected chi connectivity index (χ1v) is 12.4. The molecule has 36 heavy (non-hydrogen) atoms. The first-order chi connectivity index (χ1) is 17.5. The highest BCUT2D eigenvalue weighted by Crippen LogP contribution is 2.41. The van der Waals surface area contributed by atoms with Gasteiger partial charge in [0.25, 0.3) is 0 Å². The summed E-state index contributed by atoms with van der Waals surface area (Å²) in [6.07, 6.45) is 0.867. The zero-order chi connectivity index (χ0) is 25.1. The number of nitrogens with one attached hydrogen (secondary N) is 1. The number of aryl methyl sites for hydroxylation is 1. The van der Waals surface area contributed by atoms with E-state index in [1.165, 1.54) is 27.5 Å². The number of carboxylic acids is 1. The summed E-state index contributed by atoms with van der Waals surface area (Å²) < 4.78 is 11.9. The van der Waals surface area contributed by atoms with Crippen molar-refractivity contribution in [2.45, 2.75) is 38.3 Å². The fraction of sp³-hybridized carbons (Fsp3) is 0.258. The third kappa shape index (κ3) is 5.07. The van der Waals surface area contributed by atoms with Gasteiger partial charge in [0, 0.05) is 24.1 Å². The SMILES string of the molecule is Cc1cc(C2CC(CN[C@H](C)c3cccc4ccccc34)Oc3ccccc32)ccc1OCC(=O)O. The first-order valence-electron chi connectivity index (χ1n) is 12.4. The molecule has 0 bridgehead atoms. The van der Waals surface area contributed by atoms with Gasteiger partial charge in [0.05, 0.1) is 0 Å². The van der Waals surface area contributed by atoms with E-state index in [-0.39, 0.29) is 24.7 Å². The second-order valence-electron chi connectivity index (χ2n) is 9.47. The monoisotopic (exact) mass is 481 g/mol. The fourth-order valence-electron chi connectivity index (χ4n) is 5.17. The molecule has 4 aromatic rings. The Hall–Kier alpha value is -3.83. The van der Waals surface area contributed by atoms with Gasteiger partial charge >= 0.3 is 5.97 Å². The summed E-state index contributed by atoms with van der Waals surface area (Å²) in [4.78, 5) is 10.9. The van der Waals surface area contributed by atoms with Crippen molar-refractivity contribution in [3.63, 3.8) is 0 Å². The molecule has 1 aliphatic heterocycles. The summed E-state index contributed by atoms with van der Waals surface area (Å²) in [5, 5.41) is 15.2. The number of aliphatic carboxylic acids is 1. The third-order valence-electron chi connectivity index (χ3n) is 6.98. The molecule has 3 atom stereocenters. The molecule has 0 saturated heterocycles. The predicted molar refractivity (Wildman–Crippen MR) is 142 cm³/mol. The number of hydrogen-bond donors (Lipinski definition) is 2. The highest BCUT2D eigenvalue weighted by Gasteiger charge is 2.30. The van der Waals surface area contributed by atoms with Crippen molar-refractivity contribution in [1.82, 2.24) is 5.32 Å². The van der Waals surface area contributed by atoms with Crippen LogP contribution in [0.3, 0.4) is 0 Å². The first kappa shape index (κ1) is 23.9. The minimum atomic E-state index is -0.982. The van der Waals surface area contributed by atoms with Gasteiger partial charge in [-0.05, 0) is 59.9 Å². The third-order valence-corrected chi connectivity index (χ3v) is 6.98. The highest BCUT2D eigenvalue weighted by atomic mass is 16.5. The quantitative estimate of drug-likeness (QED) is 0.312. The Balaban J connectivity index is 1.34. The lowest BCUT2D eigenvalue weighted by Crippen LogP contribution is -2.37. The van der Waals surface area contributed by atoms with Crippen molar-refractivity contribution in [3.8, 4) is 11.5 Å². The molecule has 1 aliphatic rings. The molecular formula is C31H31NO4. The van der Waals surface area contributed by atoms with Gasteiger partial charge in [-0.1, -0.05) is 72.8 Å². The number of para-hydroxylation sites is 1. The molecule has 2 unspecified atom stereocenters. The van der Waals surface area contributed by atoms with Crippen molar-refractivity contribution >= 4 is 16.7 Å². The van der Waals surface area contributed by atoms with Crippen molar-refractivity contribution in [2.75, 3.05) is 13.2 Å². The molecule has 5 nitrogen and oxygen atoms in total. The van der Waals surface area contributed by atoms with Gasteiger partial charge in [0.1, 0.15) is 17.6 Å². The van der Waals surface area contributed by atoms with Crippen LogP contribution < -0.4 is 14.8 Å². The average molecular weight is 482 g/mol. The van der Waals surface area contributed by atoms with E-state index in [4.69, 9.17) is 14.6 Å². The van der Waals surface area contributed by atoms with E-state index in [2.05, 4.69) is 66.8 Å².